The van der Waals surface area contributed by atoms with Crippen molar-refractivity contribution in [3.8, 4) is 0 Å². The van der Waals surface area contributed by atoms with E-state index in [0.717, 1.165) is 0 Å². The molecule has 1 amide bonds. The monoisotopic (exact) mass is 244 g/mol. The molecule has 0 bridgehead atoms. The van der Waals surface area contributed by atoms with Gasteiger partial charge in [0.2, 0.25) is 5.91 Å². The van der Waals surface area contributed by atoms with Gasteiger partial charge in [0.15, 0.2) is 0 Å². The molecule has 0 aromatic heterocycles. The molecular weight excluding hydrogens is 229 g/mol. The van der Waals surface area contributed by atoms with Gasteiger partial charge < -0.3 is 20.8 Å². The highest BCUT2D eigenvalue weighted by Crippen LogP contribution is 2.12. The number of nitrogens with one attached hydrogen (secondary N) is 2. The van der Waals surface area contributed by atoms with Gasteiger partial charge in [-0.1, -0.05) is 0 Å². The topological polar surface area (TPSA) is 81.6 Å². The molecule has 0 aliphatic rings. The van der Waals surface area contributed by atoms with Crippen LogP contribution in [-0.4, -0.2) is 54.1 Å². The number of aliphatic hydroxyl groups is 2. The Morgan fingerprint density at radius 3 is 2.44 bits per heavy atom. The molecule has 2 atom stereocenters. The molecule has 0 spiro atoms. The van der Waals surface area contributed by atoms with Gasteiger partial charge >= 0.3 is 6.18 Å². The van der Waals surface area contributed by atoms with Gasteiger partial charge in [0.1, 0.15) is 6.54 Å². The summed E-state index contributed by atoms with van der Waals surface area (Å²) in [6.45, 7) is -0.586. The first-order valence-electron chi connectivity index (χ1n) is 4.63. The predicted octanol–water partition coefficient (Wildman–Crippen LogP) is -1.00. The smallest absolute Gasteiger partial charge is 0.394 e. The van der Waals surface area contributed by atoms with Crippen LogP contribution in [0.4, 0.5) is 13.2 Å². The van der Waals surface area contributed by atoms with Crippen molar-refractivity contribution in [3.63, 3.8) is 0 Å². The van der Waals surface area contributed by atoms with E-state index < -0.39 is 37.4 Å². The number of alkyl halides is 3. The van der Waals surface area contributed by atoms with E-state index in [1.807, 2.05) is 0 Å². The van der Waals surface area contributed by atoms with Gasteiger partial charge in [0.05, 0.1) is 18.8 Å². The number of hydrogen-bond donors (Lipinski definition) is 4. The van der Waals surface area contributed by atoms with Crippen LogP contribution in [0.2, 0.25) is 0 Å². The van der Waals surface area contributed by atoms with E-state index >= 15 is 0 Å². The van der Waals surface area contributed by atoms with Gasteiger partial charge in [0.25, 0.3) is 0 Å². The van der Waals surface area contributed by atoms with Crippen molar-refractivity contribution in [1.82, 2.24) is 10.6 Å². The fourth-order valence-electron chi connectivity index (χ4n) is 0.810. The summed E-state index contributed by atoms with van der Waals surface area (Å²) in [5, 5.41) is 21.6. The molecule has 4 N–H and O–H groups in total. The van der Waals surface area contributed by atoms with Crippen LogP contribution in [0, 0.1) is 0 Å². The molecule has 0 heterocycles. The molecule has 2 unspecified atom stereocenters. The Balaban J connectivity index is 3.82. The minimum absolute atomic E-state index is 0.0723. The minimum Gasteiger partial charge on any atom is -0.394 e. The average Bonchev–Trinajstić information content (AvgIpc) is 2.20. The molecule has 0 saturated carbocycles. The molecule has 96 valence electrons. The Morgan fingerprint density at radius 2 is 2.00 bits per heavy atom. The van der Waals surface area contributed by atoms with Crippen LogP contribution >= 0.6 is 0 Å². The fourth-order valence-corrected chi connectivity index (χ4v) is 0.810. The van der Waals surface area contributed by atoms with Crippen molar-refractivity contribution in [2.45, 2.75) is 25.2 Å². The molecule has 16 heavy (non-hydrogen) atoms. The van der Waals surface area contributed by atoms with Crippen LogP contribution in [0.3, 0.4) is 0 Å². The molecule has 0 aliphatic carbocycles. The van der Waals surface area contributed by atoms with Crippen LogP contribution in [0.1, 0.15) is 6.92 Å². The van der Waals surface area contributed by atoms with Crippen LogP contribution in [0.5, 0.6) is 0 Å². The third kappa shape index (κ3) is 7.43. The zero-order chi connectivity index (χ0) is 12.8. The number of aliphatic hydroxyl groups excluding tert-OH is 2. The van der Waals surface area contributed by atoms with E-state index in [4.69, 9.17) is 10.2 Å². The van der Waals surface area contributed by atoms with E-state index in [1.165, 1.54) is 6.92 Å². The maximum Gasteiger partial charge on any atom is 0.405 e. The number of carbonyl (C=O) groups excluding carboxylic acids is 1. The number of hydrogen-bond acceptors (Lipinski definition) is 4. The van der Waals surface area contributed by atoms with Crippen LogP contribution in [0.25, 0.3) is 0 Å². The molecule has 5 nitrogen and oxygen atoms in total. The summed E-state index contributed by atoms with van der Waals surface area (Å²) in [6, 6.07) is -0.872. The summed E-state index contributed by atoms with van der Waals surface area (Å²) >= 11 is 0. The molecule has 8 heteroatoms. The van der Waals surface area contributed by atoms with E-state index in [2.05, 4.69) is 5.32 Å². The summed E-state index contributed by atoms with van der Waals surface area (Å²) in [5.74, 6) is -0.817. The van der Waals surface area contributed by atoms with Crippen molar-refractivity contribution in [3.05, 3.63) is 0 Å². The third-order valence-corrected chi connectivity index (χ3v) is 1.73. The summed E-state index contributed by atoms with van der Waals surface area (Å²) in [7, 11) is 0. The number of carbonyl (C=O) groups is 1. The molecule has 0 aliphatic heterocycles. The largest absolute Gasteiger partial charge is 0.405 e. The lowest BCUT2D eigenvalue weighted by Gasteiger charge is -2.16. The summed E-state index contributed by atoms with van der Waals surface area (Å²) in [4.78, 5) is 11.1. The second kappa shape index (κ2) is 6.66. The predicted molar refractivity (Wildman–Crippen MR) is 49.6 cm³/mol. The lowest BCUT2D eigenvalue weighted by molar-refractivity contribution is -0.139. The Morgan fingerprint density at radius 1 is 1.44 bits per heavy atom. The fraction of sp³-hybridized carbons (Fsp3) is 0.875. The molecule has 0 radical (unpaired) electrons. The van der Waals surface area contributed by atoms with Gasteiger partial charge in [-0.15, -0.1) is 0 Å². The summed E-state index contributed by atoms with van der Waals surface area (Å²) in [5.41, 5.74) is 0. The number of rotatable bonds is 6. The van der Waals surface area contributed by atoms with Crippen LogP contribution in [-0.2, 0) is 4.79 Å². The Labute approximate surface area is 90.6 Å². The van der Waals surface area contributed by atoms with Crippen LogP contribution < -0.4 is 10.6 Å². The van der Waals surface area contributed by atoms with E-state index in [-0.39, 0.29) is 6.54 Å². The molecule has 0 saturated heterocycles. The van der Waals surface area contributed by atoms with E-state index in [9.17, 15) is 18.0 Å². The van der Waals surface area contributed by atoms with Gasteiger partial charge in [0, 0.05) is 6.54 Å². The normalized spacial score (nSPS) is 15.6. The average molecular weight is 244 g/mol. The quantitative estimate of drug-likeness (QED) is 0.483. The highest BCUT2D eigenvalue weighted by molar-refractivity contribution is 5.81. The Kier molecular flexibility index (Phi) is 6.31. The standard InChI is InChI=1S/C8H15F3N2O3/c1-5(12-2-6(15)3-14)7(16)13-4-8(9,10)11/h5-6,12,14-15H,2-4H2,1H3,(H,13,16). The number of halogens is 3. The second-order valence-corrected chi connectivity index (χ2v) is 3.30. The van der Waals surface area contributed by atoms with Crippen molar-refractivity contribution in [2.75, 3.05) is 19.7 Å². The van der Waals surface area contributed by atoms with Crippen molar-refractivity contribution < 1.29 is 28.2 Å². The lowest BCUT2D eigenvalue weighted by Crippen LogP contribution is -2.47. The van der Waals surface area contributed by atoms with Crippen molar-refractivity contribution in [1.29, 1.82) is 0 Å². The van der Waals surface area contributed by atoms with Gasteiger partial charge in [-0.25, -0.2) is 0 Å². The zero-order valence-corrected chi connectivity index (χ0v) is 8.71. The third-order valence-electron chi connectivity index (χ3n) is 1.73. The molecular formula is C8H15F3N2O3. The first-order chi connectivity index (χ1) is 7.26. The first kappa shape index (κ1) is 15.1. The molecule has 0 aromatic carbocycles. The Bertz CT molecular complexity index is 223. The van der Waals surface area contributed by atoms with Crippen molar-refractivity contribution >= 4 is 5.91 Å². The van der Waals surface area contributed by atoms with E-state index in [0.29, 0.717) is 0 Å². The van der Waals surface area contributed by atoms with Gasteiger partial charge in [-0.05, 0) is 6.92 Å². The molecule has 0 aromatic rings. The first-order valence-corrected chi connectivity index (χ1v) is 4.63. The maximum absolute atomic E-state index is 11.7. The van der Waals surface area contributed by atoms with Gasteiger partial charge in [-0.3, -0.25) is 4.79 Å². The summed E-state index contributed by atoms with van der Waals surface area (Å²) < 4.78 is 35.2. The number of amides is 1. The maximum atomic E-state index is 11.7. The zero-order valence-electron chi connectivity index (χ0n) is 8.71. The Hall–Kier alpha value is -0.860. The SMILES string of the molecule is CC(NCC(O)CO)C(=O)NCC(F)(F)F. The minimum atomic E-state index is -4.44. The highest BCUT2D eigenvalue weighted by Gasteiger charge is 2.28. The highest BCUT2D eigenvalue weighted by atomic mass is 19.4. The van der Waals surface area contributed by atoms with E-state index in [1.54, 1.807) is 5.32 Å². The summed E-state index contributed by atoms with van der Waals surface area (Å²) in [6.07, 6.45) is -5.49. The molecule has 0 rings (SSSR count). The van der Waals surface area contributed by atoms with Crippen molar-refractivity contribution in [2.24, 2.45) is 0 Å². The van der Waals surface area contributed by atoms with Crippen LogP contribution in [0.15, 0.2) is 0 Å². The lowest BCUT2D eigenvalue weighted by atomic mass is 10.3. The second-order valence-electron chi connectivity index (χ2n) is 3.30. The molecule has 0 fully saturated rings. The van der Waals surface area contributed by atoms with Gasteiger partial charge in [-0.2, -0.15) is 13.2 Å².